The van der Waals surface area contributed by atoms with Crippen molar-refractivity contribution < 1.29 is 0 Å². The van der Waals surface area contributed by atoms with Crippen molar-refractivity contribution in [1.82, 2.24) is 9.97 Å². The molecule has 3 nitrogen and oxygen atoms in total. The molecule has 0 amide bonds. The Bertz CT molecular complexity index is 695. The quantitative estimate of drug-likeness (QED) is 0.743. The molecule has 0 aliphatic carbocycles. The lowest BCUT2D eigenvalue weighted by Gasteiger charge is -2.07. The molecular weight excluding hydrogens is 302 g/mol. The summed E-state index contributed by atoms with van der Waals surface area (Å²) in [5.41, 5.74) is 3.26. The van der Waals surface area contributed by atoms with Crippen LogP contribution in [0.25, 0.3) is 10.9 Å². The monoisotopic (exact) mass is 313 g/mol. The summed E-state index contributed by atoms with van der Waals surface area (Å²) in [5, 5.41) is 4.51. The van der Waals surface area contributed by atoms with Crippen molar-refractivity contribution in [2.45, 2.75) is 6.54 Å². The molecule has 1 aromatic carbocycles. The maximum atomic E-state index is 4.31. The summed E-state index contributed by atoms with van der Waals surface area (Å²) in [5.74, 6) is 0. The molecule has 0 aliphatic heterocycles. The third kappa shape index (κ3) is 2.90. The zero-order valence-corrected chi connectivity index (χ0v) is 11.8. The predicted octanol–water partition coefficient (Wildman–Crippen LogP) is 4.00. The number of hydrogen-bond acceptors (Lipinski definition) is 3. The van der Waals surface area contributed by atoms with Crippen LogP contribution in [0, 0.1) is 0 Å². The highest BCUT2D eigenvalue weighted by molar-refractivity contribution is 9.10. The van der Waals surface area contributed by atoms with Gasteiger partial charge in [-0.1, -0.05) is 12.1 Å². The van der Waals surface area contributed by atoms with Gasteiger partial charge in [-0.2, -0.15) is 0 Å². The van der Waals surface area contributed by atoms with E-state index in [9.17, 15) is 0 Å². The average Bonchev–Trinajstić information content (AvgIpc) is 2.46. The van der Waals surface area contributed by atoms with Crippen LogP contribution in [-0.4, -0.2) is 9.97 Å². The molecule has 0 radical (unpaired) electrons. The number of aromatic nitrogens is 2. The van der Waals surface area contributed by atoms with E-state index < -0.39 is 0 Å². The Hall–Kier alpha value is -1.94. The number of rotatable bonds is 3. The van der Waals surface area contributed by atoms with Crippen molar-refractivity contribution in [2.24, 2.45) is 0 Å². The van der Waals surface area contributed by atoms with E-state index in [1.807, 2.05) is 36.7 Å². The molecular formula is C15H12BrN3. The molecule has 0 atom stereocenters. The van der Waals surface area contributed by atoms with Crippen LogP contribution in [0.15, 0.2) is 59.5 Å². The number of nitrogens with one attached hydrogen (secondary N) is 1. The highest BCUT2D eigenvalue weighted by Crippen LogP contribution is 2.15. The first-order valence-corrected chi connectivity index (χ1v) is 6.80. The maximum Gasteiger partial charge on any atom is 0.106 e. The van der Waals surface area contributed by atoms with Crippen LogP contribution in [-0.2, 0) is 6.54 Å². The summed E-state index contributed by atoms with van der Waals surface area (Å²) in [6.07, 6.45) is 3.63. The first kappa shape index (κ1) is 12.1. The van der Waals surface area contributed by atoms with E-state index in [-0.39, 0.29) is 0 Å². The zero-order chi connectivity index (χ0) is 13.1. The first-order valence-electron chi connectivity index (χ1n) is 6.00. The molecule has 0 bridgehead atoms. The second-order valence-corrected chi connectivity index (χ2v) is 5.07. The Balaban J connectivity index is 1.76. The van der Waals surface area contributed by atoms with Crippen LogP contribution >= 0.6 is 15.9 Å². The van der Waals surface area contributed by atoms with Gasteiger partial charge in [-0.3, -0.25) is 4.98 Å². The van der Waals surface area contributed by atoms with Gasteiger partial charge in [0.1, 0.15) is 4.60 Å². The van der Waals surface area contributed by atoms with Crippen molar-refractivity contribution in [1.29, 1.82) is 0 Å². The third-order valence-corrected chi connectivity index (χ3v) is 3.36. The summed E-state index contributed by atoms with van der Waals surface area (Å²) in [6.45, 7) is 0.772. The molecule has 0 aliphatic rings. The predicted molar refractivity (Wildman–Crippen MR) is 81.0 cm³/mol. The number of pyridine rings is 2. The lowest BCUT2D eigenvalue weighted by molar-refractivity contribution is 1.14. The molecule has 2 heterocycles. The summed E-state index contributed by atoms with van der Waals surface area (Å²) >= 11 is 3.32. The molecule has 1 N–H and O–H groups in total. The zero-order valence-electron chi connectivity index (χ0n) is 10.2. The van der Waals surface area contributed by atoms with Crippen LogP contribution < -0.4 is 5.32 Å². The van der Waals surface area contributed by atoms with Gasteiger partial charge in [-0.15, -0.1) is 0 Å². The topological polar surface area (TPSA) is 37.8 Å². The van der Waals surface area contributed by atoms with E-state index in [0.29, 0.717) is 0 Å². The number of halogens is 1. The number of anilines is 1. The second-order valence-electron chi connectivity index (χ2n) is 4.25. The van der Waals surface area contributed by atoms with Crippen molar-refractivity contribution in [3.05, 3.63) is 65.0 Å². The van der Waals surface area contributed by atoms with Crippen molar-refractivity contribution in [2.75, 3.05) is 5.32 Å². The van der Waals surface area contributed by atoms with E-state index in [1.165, 1.54) is 5.56 Å². The fourth-order valence-corrected chi connectivity index (χ4v) is 2.15. The van der Waals surface area contributed by atoms with E-state index in [1.54, 1.807) is 0 Å². The Labute approximate surface area is 119 Å². The molecule has 3 rings (SSSR count). The smallest absolute Gasteiger partial charge is 0.106 e. The fourth-order valence-electron chi connectivity index (χ4n) is 1.92. The van der Waals surface area contributed by atoms with E-state index in [2.05, 4.69) is 49.4 Å². The van der Waals surface area contributed by atoms with E-state index in [4.69, 9.17) is 0 Å². The maximum absolute atomic E-state index is 4.31. The summed E-state index contributed by atoms with van der Waals surface area (Å²) < 4.78 is 0.842. The molecule has 19 heavy (non-hydrogen) atoms. The Morgan fingerprint density at radius 3 is 2.84 bits per heavy atom. The number of nitrogens with zero attached hydrogens (tertiary/aromatic N) is 2. The highest BCUT2D eigenvalue weighted by atomic mass is 79.9. The standard InChI is InChI=1S/C15H12BrN3/c16-15-6-4-13(10-19-15)18-9-11-3-5-14-12(8-11)2-1-7-17-14/h1-8,10,18H,9H2. The van der Waals surface area contributed by atoms with Gasteiger partial charge < -0.3 is 5.32 Å². The van der Waals surface area contributed by atoms with Crippen molar-refractivity contribution in [3.63, 3.8) is 0 Å². The third-order valence-electron chi connectivity index (χ3n) is 2.89. The van der Waals surface area contributed by atoms with Gasteiger partial charge in [0, 0.05) is 18.1 Å². The summed E-state index contributed by atoms with van der Waals surface area (Å²) in [6, 6.07) is 14.2. The minimum Gasteiger partial charge on any atom is -0.380 e. The average molecular weight is 314 g/mol. The Morgan fingerprint density at radius 2 is 2.00 bits per heavy atom. The molecule has 0 unspecified atom stereocenters. The van der Waals surface area contributed by atoms with E-state index in [0.717, 1.165) is 27.7 Å². The highest BCUT2D eigenvalue weighted by Gasteiger charge is 1.98. The summed E-state index contributed by atoms with van der Waals surface area (Å²) in [4.78, 5) is 8.50. The van der Waals surface area contributed by atoms with E-state index >= 15 is 0 Å². The molecule has 0 fully saturated rings. The van der Waals surface area contributed by atoms with Gasteiger partial charge in [-0.05, 0) is 51.8 Å². The van der Waals surface area contributed by atoms with Crippen LogP contribution in [0.2, 0.25) is 0 Å². The Morgan fingerprint density at radius 1 is 1.05 bits per heavy atom. The molecule has 0 saturated heterocycles. The SMILES string of the molecule is Brc1ccc(NCc2ccc3ncccc3c2)cn1. The van der Waals surface area contributed by atoms with Gasteiger partial charge in [-0.25, -0.2) is 4.98 Å². The number of benzene rings is 1. The summed E-state index contributed by atoms with van der Waals surface area (Å²) in [7, 11) is 0. The van der Waals surface area contributed by atoms with Crippen molar-refractivity contribution in [3.8, 4) is 0 Å². The molecule has 94 valence electrons. The first-order chi connectivity index (χ1) is 9.31. The van der Waals surface area contributed by atoms with Crippen LogP contribution in [0.1, 0.15) is 5.56 Å². The lowest BCUT2D eigenvalue weighted by Crippen LogP contribution is -1.99. The minimum atomic E-state index is 0.772. The molecule has 0 spiro atoms. The van der Waals surface area contributed by atoms with Gasteiger partial charge >= 0.3 is 0 Å². The second kappa shape index (κ2) is 5.36. The molecule has 2 aromatic heterocycles. The Kier molecular flexibility index (Phi) is 3.42. The van der Waals surface area contributed by atoms with Gasteiger partial charge in [0.2, 0.25) is 0 Å². The molecule has 4 heteroatoms. The van der Waals surface area contributed by atoms with Crippen LogP contribution in [0.5, 0.6) is 0 Å². The lowest BCUT2D eigenvalue weighted by atomic mass is 10.1. The number of hydrogen-bond donors (Lipinski definition) is 1. The van der Waals surface area contributed by atoms with Gasteiger partial charge in [0.25, 0.3) is 0 Å². The minimum absolute atomic E-state index is 0.772. The van der Waals surface area contributed by atoms with Crippen LogP contribution in [0.3, 0.4) is 0 Å². The molecule has 3 aromatic rings. The molecule has 0 saturated carbocycles. The van der Waals surface area contributed by atoms with Crippen molar-refractivity contribution >= 4 is 32.5 Å². The van der Waals surface area contributed by atoms with Gasteiger partial charge in [0.15, 0.2) is 0 Å². The van der Waals surface area contributed by atoms with Crippen LogP contribution in [0.4, 0.5) is 5.69 Å². The fraction of sp³-hybridized carbons (Fsp3) is 0.0667. The normalized spacial score (nSPS) is 10.6. The number of fused-ring (bicyclic) bond motifs is 1. The van der Waals surface area contributed by atoms with Gasteiger partial charge in [0.05, 0.1) is 17.4 Å². The largest absolute Gasteiger partial charge is 0.380 e.